The SMILES string of the molecule is N#CC(C#N)=Cc1ccc(S(=O)(=O)c2ccccc2)o1. The summed E-state index contributed by atoms with van der Waals surface area (Å²) in [5.41, 5.74) is -0.164. The first-order chi connectivity index (χ1) is 9.57. The van der Waals surface area contributed by atoms with Crippen molar-refractivity contribution < 1.29 is 12.8 Å². The molecule has 2 rings (SSSR count). The Morgan fingerprint density at radius 1 is 1.05 bits per heavy atom. The molecule has 0 saturated heterocycles. The smallest absolute Gasteiger partial charge is 0.239 e. The lowest BCUT2D eigenvalue weighted by Gasteiger charge is -1.99. The van der Waals surface area contributed by atoms with E-state index in [4.69, 9.17) is 14.9 Å². The van der Waals surface area contributed by atoms with Gasteiger partial charge in [-0.1, -0.05) is 18.2 Å². The summed E-state index contributed by atoms with van der Waals surface area (Å²) >= 11 is 0. The fourth-order valence-corrected chi connectivity index (χ4v) is 2.70. The molecule has 98 valence electrons. The summed E-state index contributed by atoms with van der Waals surface area (Å²) in [4.78, 5) is 0.116. The number of hydrogen-bond donors (Lipinski definition) is 0. The number of rotatable bonds is 3. The summed E-state index contributed by atoms with van der Waals surface area (Å²) in [6, 6.07) is 13.9. The third-order valence-corrected chi connectivity index (χ3v) is 4.09. The second-order valence-electron chi connectivity index (χ2n) is 3.75. The topological polar surface area (TPSA) is 94.9 Å². The maximum absolute atomic E-state index is 12.2. The van der Waals surface area contributed by atoms with Gasteiger partial charge in [0.25, 0.3) is 0 Å². The average Bonchev–Trinajstić information content (AvgIpc) is 2.95. The van der Waals surface area contributed by atoms with Crippen molar-refractivity contribution in [3.05, 3.63) is 53.8 Å². The number of furan rings is 1. The molecule has 0 aliphatic rings. The molecule has 0 saturated carbocycles. The quantitative estimate of drug-likeness (QED) is 0.807. The Morgan fingerprint density at radius 3 is 2.30 bits per heavy atom. The van der Waals surface area contributed by atoms with Gasteiger partial charge in [-0.3, -0.25) is 0 Å². The number of allylic oxidation sites excluding steroid dienone is 1. The van der Waals surface area contributed by atoms with Crippen LogP contribution in [0.5, 0.6) is 0 Å². The van der Waals surface area contributed by atoms with Crippen molar-refractivity contribution in [1.82, 2.24) is 0 Å². The first kappa shape index (κ1) is 13.6. The Labute approximate surface area is 115 Å². The summed E-state index contributed by atoms with van der Waals surface area (Å²) in [6.07, 6.45) is 1.18. The van der Waals surface area contributed by atoms with Gasteiger partial charge >= 0.3 is 0 Å². The molecule has 0 aliphatic heterocycles. The highest BCUT2D eigenvalue weighted by atomic mass is 32.2. The van der Waals surface area contributed by atoms with Gasteiger partial charge in [-0.05, 0) is 24.3 Å². The van der Waals surface area contributed by atoms with Crippen LogP contribution in [-0.4, -0.2) is 8.42 Å². The molecular formula is C14H8N2O3S. The molecule has 6 heteroatoms. The van der Waals surface area contributed by atoms with Crippen molar-refractivity contribution in [3.8, 4) is 12.1 Å². The molecule has 0 unspecified atom stereocenters. The molecule has 5 nitrogen and oxygen atoms in total. The Morgan fingerprint density at radius 2 is 1.70 bits per heavy atom. The molecule has 0 atom stereocenters. The van der Waals surface area contributed by atoms with Crippen molar-refractivity contribution in [2.75, 3.05) is 0 Å². The van der Waals surface area contributed by atoms with Crippen molar-refractivity contribution in [2.45, 2.75) is 9.99 Å². The number of nitrogens with zero attached hydrogens (tertiary/aromatic N) is 2. The Bertz CT molecular complexity index is 819. The largest absolute Gasteiger partial charge is 0.445 e. The Balaban J connectivity index is 2.43. The first-order valence-electron chi connectivity index (χ1n) is 5.50. The second kappa shape index (κ2) is 5.43. The van der Waals surface area contributed by atoms with Gasteiger partial charge in [-0.15, -0.1) is 0 Å². The molecule has 2 aromatic rings. The average molecular weight is 284 g/mol. The fourth-order valence-electron chi connectivity index (χ4n) is 1.50. The van der Waals surface area contributed by atoms with E-state index in [1.165, 1.54) is 30.3 Å². The maximum Gasteiger partial charge on any atom is 0.239 e. The zero-order valence-corrected chi connectivity index (χ0v) is 11.0. The van der Waals surface area contributed by atoms with Gasteiger partial charge in [-0.25, -0.2) is 8.42 Å². The minimum Gasteiger partial charge on any atom is -0.445 e. The van der Waals surface area contributed by atoms with E-state index < -0.39 is 9.84 Å². The van der Waals surface area contributed by atoms with Crippen LogP contribution in [0.25, 0.3) is 6.08 Å². The lowest BCUT2D eigenvalue weighted by molar-refractivity contribution is 0.443. The van der Waals surface area contributed by atoms with E-state index in [0.717, 1.165) is 0 Å². The molecule has 0 aliphatic carbocycles. The first-order valence-corrected chi connectivity index (χ1v) is 6.98. The van der Waals surface area contributed by atoms with E-state index in [0.29, 0.717) is 0 Å². The molecule has 0 amide bonds. The molecule has 0 N–H and O–H groups in total. The normalized spacial score (nSPS) is 10.3. The van der Waals surface area contributed by atoms with E-state index in [1.807, 2.05) is 0 Å². The van der Waals surface area contributed by atoms with Crippen molar-refractivity contribution in [2.24, 2.45) is 0 Å². The van der Waals surface area contributed by atoms with E-state index >= 15 is 0 Å². The van der Waals surface area contributed by atoms with Crippen LogP contribution in [0.2, 0.25) is 0 Å². The molecule has 0 bridgehead atoms. The highest BCUT2D eigenvalue weighted by Crippen LogP contribution is 2.23. The zero-order chi connectivity index (χ0) is 14.6. The number of benzene rings is 1. The van der Waals surface area contributed by atoms with Crippen LogP contribution in [0.3, 0.4) is 0 Å². The van der Waals surface area contributed by atoms with Gasteiger partial charge in [0.2, 0.25) is 14.9 Å². The molecule has 0 spiro atoms. The molecule has 1 aromatic carbocycles. The fraction of sp³-hybridized carbons (Fsp3) is 0. The lowest BCUT2D eigenvalue weighted by Crippen LogP contribution is -1.99. The van der Waals surface area contributed by atoms with E-state index in [2.05, 4.69) is 0 Å². The van der Waals surface area contributed by atoms with Crippen molar-refractivity contribution >= 4 is 15.9 Å². The summed E-state index contributed by atoms with van der Waals surface area (Å²) in [6.45, 7) is 0. The van der Waals surface area contributed by atoms with Gasteiger partial charge in [0.1, 0.15) is 23.5 Å². The summed E-state index contributed by atoms with van der Waals surface area (Å²) in [5, 5.41) is 17.0. The molecule has 1 heterocycles. The monoisotopic (exact) mass is 284 g/mol. The lowest BCUT2D eigenvalue weighted by atomic mass is 10.3. The Kier molecular flexibility index (Phi) is 3.69. The van der Waals surface area contributed by atoms with Gasteiger partial charge in [0.05, 0.1) is 4.90 Å². The van der Waals surface area contributed by atoms with E-state index in [-0.39, 0.29) is 21.3 Å². The number of nitriles is 2. The minimum atomic E-state index is -3.73. The highest BCUT2D eigenvalue weighted by molar-refractivity contribution is 7.91. The van der Waals surface area contributed by atoms with Crippen LogP contribution in [0.1, 0.15) is 5.76 Å². The van der Waals surface area contributed by atoms with E-state index in [9.17, 15) is 8.42 Å². The second-order valence-corrected chi connectivity index (χ2v) is 5.64. The van der Waals surface area contributed by atoms with E-state index in [1.54, 1.807) is 30.3 Å². The summed E-state index contributed by atoms with van der Waals surface area (Å²) in [7, 11) is -3.73. The highest BCUT2D eigenvalue weighted by Gasteiger charge is 2.21. The van der Waals surface area contributed by atoms with Crippen LogP contribution >= 0.6 is 0 Å². The number of sulfone groups is 1. The summed E-state index contributed by atoms with van der Waals surface area (Å²) in [5.74, 6) is 0.137. The standard InChI is InChI=1S/C14H8N2O3S/c15-9-11(10-16)8-12-6-7-14(19-12)20(17,18)13-4-2-1-3-5-13/h1-8H. The molecular weight excluding hydrogens is 276 g/mol. The van der Waals surface area contributed by atoms with Crippen LogP contribution in [-0.2, 0) is 9.84 Å². The molecule has 0 fully saturated rings. The molecule has 1 aromatic heterocycles. The summed E-state index contributed by atoms with van der Waals surface area (Å²) < 4.78 is 29.6. The third kappa shape index (κ3) is 2.61. The van der Waals surface area contributed by atoms with Gasteiger partial charge < -0.3 is 4.42 Å². The van der Waals surface area contributed by atoms with Gasteiger partial charge in [0.15, 0.2) is 0 Å². The number of hydrogen-bond acceptors (Lipinski definition) is 5. The van der Waals surface area contributed by atoms with Crippen LogP contribution < -0.4 is 0 Å². The molecule has 0 radical (unpaired) electrons. The van der Waals surface area contributed by atoms with Crippen LogP contribution in [0, 0.1) is 22.7 Å². The van der Waals surface area contributed by atoms with Gasteiger partial charge in [0, 0.05) is 6.08 Å². The molecule has 20 heavy (non-hydrogen) atoms. The van der Waals surface area contributed by atoms with Crippen molar-refractivity contribution in [1.29, 1.82) is 10.5 Å². The zero-order valence-electron chi connectivity index (χ0n) is 10.1. The maximum atomic E-state index is 12.2. The van der Waals surface area contributed by atoms with Crippen molar-refractivity contribution in [3.63, 3.8) is 0 Å². The predicted octanol–water partition coefficient (Wildman–Crippen LogP) is 2.54. The third-order valence-electron chi connectivity index (χ3n) is 2.45. The Hall–Kier alpha value is -2.83. The van der Waals surface area contributed by atoms with Crippen LogP contribution in [0.15, 0.2) is 62.4 Å². The van der Waals surface area contributed by atoms with Crippen LogP contribution in [0.4, 0.5) is 0 Å². The predicted molar refractivity (Wildman–Crippen MR) is 69.8 cm³/mol. The van der Waals surface area contributed by atoms with Gasteiger partial charge in [-0.2, -0.15) is 10.5 Å². The minimum absolute atomic E-state index is 0.116.